The molecule has 20 heavy (non-hydrogen) atoms. The molecule has 0 atom stereocenters. The molecule has 2 rings (SSSR count). The summed E-state index contributed by atoms with van der Waals surface area (Å²) in [7, 11) is -1.76. The number of halogens is 1. The summed E-state index contributed by atoms with van der Waals surface area (Å²) in [5.41, 5.74) is 0.769. The van der Waals surface area contributed by atoms with Crippen molar-refractivity contribution in [2.24, 2.45) is 0 Å². The van der Waals surface area contributed by atoms with E-state index in [2.05, 4.69) is 0 Å². The summed E-state index contributed by atoms with van der Waals surface area (Å²) in [5.74, 6) is 0.574. The molecule has 0 saturated carbocycles. The molecular formula is C15H15ClO3S. The largest absolute Gasteiger partial charge is 0.495 e. The Bertz CT molecular complexity index is 682. The molecule has 0 aliphatic heterocycles. The van der Waals surface area contributed by atoms with Gasteiger partial charge in [0, 0.05) is 0 Å². The van der Waals surface area contributed by atoms with E-state index < -0.39 is 9.84 Å². The lowest BCUT2D eigenvalue weighted by molar-refractivity contribution is 0.414. The highest BCUT2D eigenvalue weighted by Crippen LogP contribution is 2.28. The first-order valence-electron chi connectivity index (χ1n) is 6.14. The zero-order valence-electron chi connectivity index (χ0n) is 11.0. The van der Waals surface area contributed by atoms with E-state index >= 15 is 0 Å². The number of ether oxygens (including phenoxy) is 1. The van der Waals surface area contributed by atoms with Crippen molar-refractivity contribution in [1.82, 2.24) is 0 Å². The fourth-order valence-corrected chi connectivity index (χ4v) is 3.49. The van der Waals surface area contributed by atoms with Gasteiger partial charge in [-0.25, -0.2) is 8.42 Å². The van der Waals surface area contributed by atoms with Gasteiger partial charge in [0.15, 0.2) is 9.84 Å². The smallest absolute Gasteiger partial charge is 0.178 e. The van der Waals surface area contributed by atoms with E-state index in [1.807, 2.05) is 6.07 Å². The molecule has 3 nitrogen and oxygen atoms in total. The molecule has 2 aromatic carbocycles. The number of sulfone groups is 1. The topological polar surface area (TPSA) is 43.4 Å². The maximum Gasteiger partial charge on any atom is 0.178 e. The van der Waals surface area contributed by atoms with E-state index in [-0.39, 0.29) is 5.75 Å². The summed E-state index contributed by atoms with van der Waals surface area (Å²) in [5, 5.41) is 0.471. The molecule has 0 aromatic heterocycles. The predicted molar refractivity (Wildman–Crippen MR) is 80.2 cm³/mol. The zero-order valence-corrected chi connectivity index (χ0v) is 12.6. The summed E-state index contributed by atoms with van der Waals surface area (Å²) < 4.78 is 29.5. The molecule has 0 saturated heterocycles. The average Bonchev–Trinajstić information content (AvgIpc) is 2.47. The number of hydrogen-bond donors (Lipinski definition) is 0. The summed E-state index contributed by atoms with van der Waals surface area (Å²) in [4.78, 5) is 0.332. The standard InChI is InChI=1S/C15H15ClO3S/c1-19-14-9-5-6-12(15(14)16)10-11-20(17,18)13-7-3-2-4-8-13/h2-9H,10-11H2,1H3. The van der Waals surface area contributed by atoms with Gasteiger partial charge in [-0.15, -0.1) is 0 Å². The lowest BCUT2D eigenvalue weighted by Crippen LogP contribution is -2.09. The first-order chi connectivity index (χ1) is 9.54. The van der Waals surface area contributed by atoms with E-state index in [1.165, 1.54) is 7.11 Å². The maximum atomic E-state index is 12.2. The zero-order chi connectivity index (χ0) is 14.6. The molecule has 0 unspecified atom stereocenters. The van der Waals surface area contributed by atoms with Gasteiger partial charge >= 0.3 is 0 Å². The third kappa shape index (κ3) is 3.32. The third-order valence-electron chi connectivity index (χ3n) is 3.01. The highest BCUT2D eigenvalue weighted by Gasteiger charge is 2.15. The number of rotatable bonds is 5. The lowest BCUT2D eigenvalue weighted by atomic mass is 10.1. The highest BCUT2D eigenvalue weighted by molar-refractivity contribution is 7.91. The minimum absolute atomic E-state index is 0.0178. The number of hydrogen-bond acceptors (Lipinski definition) is 3. The Kier molecular flexibility index (Phi) is 4.68. The van der Waals surface area contributed by atoms with Crippen molar-refractivity contribution in [3.8, 4) is 5.75 Å². The Balaban J connectivity index is 2.17. The van der Waals surface area contributed by atoms with Crippen LogP contribution in [0.2, 0.25) is 5.02 Å². The third-order valence-corrected chi connectivity index (χ3v) is 5.17. The second-order valence-corrected chi connectivity index (χ2v) is 6.80. The summed E-state index contributed by atoms with van der Waals surface area (Å²) in [6.45, 7) is 0. The molecule has 0 aliphatic carbocycles. The van der Waals surface area contributed by atoms with Gasteiger partial charge in [-0.2, -0.15) is 0 Å². The second kappa shape index (κ2) is 6.29. The molecule has 0 N–H and O–H groups in total. The highest BCUT2D eigenvalue weighted by atomic mass is 35.5. The Labute approximate surface area is 124 Å². The number of aryl methyl sites for hydroxylation is 1. The number of methoxy groups -OCH3 is 1. The van der Waals surface area contributed by atoms with Gasteiger partial charge in [0.2, 0.25) is 0 Å². The Hall–Kier alpha value is -1.52. The van der Waals surface area contributed by atoms with Crippen LogP contribution >= 0.6 is 11.6 Å². The van der Waals surface area contributed by atoms with Crippen LogP contribution in [-0.2, 0) is 16.3 Å². The van der Waals surface area contributed by atoms with Crippen molar-refractivity contribution < 1.29 is 13.2 Å². The van der Waals surface area contributed by atoms with E-state index in [0.29, 0.717) is 22.1 Å². The van der Waals surface area contributed by atoms with Crippen LogP contribution in [0.25, 0.3) is 0 Å². The van der Waals surface area contributed by atoms with E-state index in [4.69, 9.17) is 16.3 Å². The predicted octanol–water partition coefficient (Wildman–Crippen LogP) is 3.37. The molecule has 0 amide bonds. The fraction of sp³-hybridized carbons (Fsp3) is 0.200. The van der Waals surface area contributed by atoms with Gasteiger partial charge < -0.3 is 4.74 Å². The average molecular weight is 311 g/mol. The SMILES string of the molecule is COc1cccc(CCS(=O)(=O)c2ccccc2)c1Cl. The van der Waals surface area contributed by atoms with Gasteiger partial charge in [-0.3, -0.25) is 0 Å². The summed E-state index contributed by atoms with van der Waals surface area (Å²) >= 11 is 6.16. The minimum atomic E-state index is -3.29. The lowest BCUT2D eigenvalue weighted by Gasteiger charge is -2.09. The Morgan fingerprint density at radius 1 is 1.05 bits per heavy atom. The van der Waals surface area contributed by atoms with Gasteiger partial charge in [-0.1, -0.05) is 41.9 Å². The van der Waals surface area contributed by atoms with Crippen molar-refractivity contribution in [1.29, 1.82) is 0 Å². The molecular weight excluding hydrogens is 296 g/mol. The molecule has 0 radical (unpaired) electrons. The first kappa shape index (κ1) is 14.9. The molecule has 0 heterocycles. The van der Waals surface area contributed by atoms with Gasteiger partial charge in [0.25, 0.3) is 0 Å². The number of benzene rings is 2. The molecule has 106 valence electrons. The van der Waals surface area contributed by atoms with Crippen LogP contribution < -0.4 is 4.74 Å². The van der Waals surface area contributed by atoms with Crippen LogP contribution in [0.15, 0.2) is 53.4 Å². The van der Waals surface area contributed by atoms with Crippen LogP contribution in [-0.4, -0.2) is 21.3 Å². The Morgan fingerprint density at radius 3 is 2.40 bits per heavy atom. The van der Waals surface area contributed by atoms with Gasteiger partial charge in [-0.05, 0) is 30.2 Å². The first-order valence-corrected chi connectivity index (χ1v) is 8.17. The second-order valence-electron chi connectivity index (χ2n) is 4.32. The quantitative estimate of drug-likeness (QED) is 0.850. The van der Waals surface area contributed by atoms with Gasteiger partial charge in [0.1, 0.15) is 5.75 Å². The molecule has 2 aromatic rings. The molecule has 0 spiro atoms. The van der Waals surface area contributed by atoms with Crippen molar-refractivity contribution in [2.75, 3.05) is 12.9 Å². The van der Waals surface area contributed by atoms with E-state index in [0.717, 1.165) is 5.56 Å². The van der Waals surface area contributed by atoms with Crippen LogP contribution in [0.3, 0.4) is 0 Å². The maximum absolute atomic E-state index is 12.2. The normalized spacial score (nSPS) is 11.3. The minimum Gasteiger partial charge on any atom is -0.495 e. The fourth-order valence-electron chi connectivity index (χ4n) is 1.90. The van der Waals surface area contributed by atoms with E-state index in [1.54, 1.807) is 42.5 Å². The van der Waals surface area contributed by atoms with Crippen LogP contribution in [0, 0.1) is 0 Å². The molecule has 5 heteroatoms. The molecule has 0 aliphatic rings. The van der Waals surface area contributed by atoms with Crippen LogP contribution in [0.5, 0.6) is 5.75 Å². The summed E-state index contributed by atoms with van der Waals surface area (Å²) in [6, 6.07) is 13.8. The monoisotopic (exact) mass is 310 g/mol. The molecule has 0 fully saturated rings. The van der Waals surface area contributed by atoms with Gasteiger partial charge in [0.05, 0.1) is 22.8 Å². The van der Waals surface area contributed by atoms with E-state index in [9.17, 15) is 8.42 Å². The van der Waals surface area contributed by atoms with Crippen molar-refractivity contribution in [2.45, 2.75) is 11.3 Å². The van der Waals surface area contributed by atoms with Crippen LogP contribution in [0.4, 0.5) is 0 Å². The van der Waals surface area contributed by atoms with Crippen molar-refractivity contribution in [3.05, 3.63) is 59.1 Å². The van der Waals surface area contributed by atoms with Crippen molar-refractivity contribution >= 4 is 21.4 Å². The van der Waals surface area contributed by atoms with Crippen molar-refractivity contribution in [3.63, 3.8) is 0 Å². The molecule has 0 bridgehead atoms. The summed E-state index contributed by atoms with van der Waals surface area (Å²) in [6.07, 6.45) is 0.354. The van der Waals surface area contributed by atoms with Crippen LogP contribution in [0.1, 0.15) is 5.56 Å². The Morgan fingerprint density at radius 2 is 1.75 bits per heavy atom.